The molecule has 0 aromatic rings. The van der Waals surface area contributed by atoms with E-state index in [0.717, 1.165) is 0 Å². The maximum atomic E-state index is 5.50. The van der Waals surface area contributed by atoms with Crippen LogP contribution in [0.5, 0.6) is 0 Å². The number of hydrogen-bond acceptors (Lipinski definition) is 3. The van der Waals surface area contributed by atoms with Crippen LogP contribution in [0.3, 0.4) is 0 Å². The monoisotopic (exact) mass is 218 g/mol. The summed E-state index contributed by atoms with van der Waals surface area (Å²) in [6.07, 6.45) is 2.82. The fourth-order valence-electron chi connectivity index (χ4n) is 0.602. The fourth-order valence-corrected chi connectivity index (χ4v) is 1.66. The second kappa shape index (κ2) is 8.05. The largest absolute Gasteiger partial charge is 0.447 e. The second-order valence-corrected chi connectivity index (χ2v) is 4.37. The standard InChI is InChI=1S/C10H19O3P/c1-6-11-7-8-14(12-9(2)3)13-10(4)5/h9-10H,6H2,1-5H3. The number of hydrogen-bond donors (Lipinski definition) is 0. The van der Waals surface area contributed by atoms with E-state index < -0.39 is 8.38 Å². The molecule has 3 nitrogen and oxygen atoms in total. The molecule has 0 N–H and O–H groups in total. The summed E-state index contributed by atoms with van der Waals surface area (Å²) in [5.74, 6) is 0. The predicted molar refractivity (Wildman–Crippen MR) is 58.8 cm³/mol. The summed E-state index contributed by atoms with van der Waals surface area (Å²) in [4.78, 5) is 0. The molecule has 0 rings (SSSR count). The molecule has 0 aliphatic carbocycles. The van der Waals surface area contributed by atoms with Crippen LogP contribution >= 0.6 is 8.38 Å². The minimum absolute atomic E-state index is 0.121. The van der Waals surface area contributed by atoms with Crippen molar-refractivity contribution in [3.63, 3.8) is 0 Å². The first-order valence-corrected chi connectivity index (χ1v) is 6.00. The first kappa shape index (κ1) is 13.7. The molecular weight excluding hydrogens is 199 g/mol. The zero-order valence-corrected chi connectivity index (χ0v) is 10.4. The molecule has 14 heavy (non-hydrogen) atoms. The molecule has 0 fully saturated rings. The van der Waals surface area contributed by atoms with Crippen molar-refractivity contribution in [2.45, 2.75) is 46.8 Å². The lowest BCUT2D eigenvalue weighted by Gasteiger charge is -2.16. The van der Waals surface area contributed by atoms with Gasteiger partial charge in [-0.3, -0.25) is 0 Å². The first-order valence-electron chi connectivity index (χ1n) is 4.82. The van der Waals surface area contributed by atoms with Crippen LogP contribution in [0.1, 0.15) is 34.6 Å². The van der Waals surface area contributed by atoms with Gasteiger partial charge < -0.3 is 13.8 Å². The van der Waals surface area contributed by atoms with Crippen molar-refractivity contribution in [1.29, 1.82) is 0 Å². The molecule has 0 saturated heterocycles. The average Bonchev–Trinajstić information content (AvgIpc) is 2.02. The molecule has 0 saturated carbocycles. The predicted octanol–water partition coefficient (Wildman–Crippen LogP) is 3.10. The van der Waals surface area contributed by atoms with Crippen molar-refractivity contribution < 1.29 is 13.8 Å². The van der Waals surface area contributed by atoms with Crippen LogP contribution in [0.2, 0.25) is 0 Å². The minimum atomic E-state index is -1.14. The van der Waals surface area contributed by atoms with Gasteiger partial charge in [-0.1, -0.05) is 0 Å². The maximum absolute atomic E-state index is 5.50. The average molecular weight is 218 g/mol. The van der Waals surface area contributed by atoms with Crippen molar-refractivity contribution in [2.24, 2.45) is 0 Å². The van der Waals surface area contributed by atoms with Gasteiger partial charge in [-0.15, -0.1) is 0 Å². The van der Waals surface area contributed by atoms with E-state index in [2.05, 4.69) is 11.8 Å². The molecule has 0 amide bonds. The highest BCUT2D eigenvalue weighted by molar-refractivity contribution is 7.53. The summed E-state index contributed by atoms with van der Waals surface area (Å²) in [6.45, 7) is 10.3. The topological polar surface area (TPSA) is 27.7 Å². The molecule has 0 heterocycles. The van der Waals surface area contributed by atoms with E-state index >= 15 is 0 Å². The van der Waals surface area contributed by atoms with Gasteiger partial charge in [0, 0.05) is 5.66 Å². The molecule has 0 aliphatic rings. The summed E-state index contributed by atoms with van der Waals surface area (Å²) in [7, 11) is -1.14. The van der Waals surface area contributed by atoms with Crippen molar-refractivity contribution in [1.82, 2.24) is 0 Å². The Morgan fingerprint density at radius 2 is 1.57 bits per heavy atom. The van der Waals surface area contributed by atoms with Gasteiger partial charge >= 0.3 is 0 Å². The lowest BCUT2D eigenvalue weighted by atomic mass is 10.5. The highest BCUT2D eigenvalue weighted by Crippen LogP contribution is 2.39. The lowest BCUT2D eigenvalue weighted by molar-refractivity contribution is 0.184. The van der Waals surface area contributed by atoms with Crippen molar-refractivity contribution in [3.05, 3.63) is 0 Å². The van der Waals surface area contributed by atoms with Crippen LogP contribution < -0.4 is 0 Å². The Balaban J connectivity index is 4.05. The minimum Gasteiger partial charge on any atom is -0.447 e. The van der Waals surface area contributed by atoms with Gasteiger partial charge in [-0.2, -0.15) is 0 Å². The van der Waals surface area contributed by atoms with E-state index in [1.54, 1.807) is 0 Å². The Morgan fingerprint density at radius 1 is 1.07 bits per heavy atom. The second-order valence-electron chi connectivity index (χ2n) is 3.21. The smallest absolute Gasteiger partial charge is 0.260 e. The third-order valence-electron chi connectivity index (χ3n) is 0.967. The van der Waals surface area contributed by atoms with Crippen LogP contribution in [0, 0.1) is 11.8 Å². The van der Waals surface area contributed by atoms with E-state index in [4.69, 9.17) is 13.8 Å². The molecule has 0 aliphatic heterocycles. The molecule has 0 unspecified atom stereocenters. The van der Waals surface area contributed by atoms with Crippen LogP contribution in [0.25, 0.3) is 0 Å². The molecule has 82 valence electrons. The fraction of sp³-hybridized carbons (Fsp3) is 0.800. The van der Waals surface area contributed by atoms with Crippen LogP contribution in [0.15, 0.2) is 0 Å². The Labute approximate surface area is 88.0 Å². The van der Waals surface area contributed by atoms with Gasteiger partial charge in [-0.05, 0) is 34.6 Å². The van der Waals surface area contributed by atoms with Gasteiger partial charge in [0.05, 0.1) is 18.8 Å². The Kier molecular flexibility index (Phi) is 7.89. The van der Waals surface area contributed by atoms with Crippen molar-refractivity contribution in [2.75, 3.05) is 6.61 Å². The quantitative estimate of drug-likeness (QED) is 0.524. The zero-order valence-electron chi connectivity index (χ0n) is 9.53. The number of rotatable bonds is 5. The van der Waals surface area contributed by atoms with E-state index in [9.17, 15) is 0 Å². The van der Waals surface area contributed by atoms with E-state index in [0.29, 0.717) is 6.61 Å². The van der Waals surface area contributed by atoms with Crippen LogP contribution in [-0.4, -0.2) is 18.8 Å². The van der Waals surface area contributed by atoms with E-state index in [-0.39, 0.29) is 12.2 Å². The van der Waals surface area contributed by atoms with Gasteiger partial charge in [-0.25, -0.2) is 0 Å². The molecule has 0 aromatic carbocycles. The molecule has 0 bridgehead atoms. The summed E-state index contributed by atoms with van der Waals surface area (Å²) >= 11 is 0. The highest BCUT2D eigenvalue weighted by atomic mass is 31.2. The maximum Gasteiger partial charge on any atom is 0.260 e. The third-order valence-corrected chi connectivity index (χ3v) is 2.47. The summed E-state index contributed by atoms with van der Waals surface area (Å²) in [6, 6.07) is 0. The Hall–Kier alpha value is -0.290. The lowest BCUT2D eigenvalue weighted by Crippen LogP contribution is -2.03. The zero-order chi connectivity index (χ0) is 11.0. The molecular formula is C10H19O3P. The van der Waals surface area contributed by atoms with Gasteiger partial charge in [0.25, 0.3) is 8.38 Å². The van der Waals surface area contributed by atoms with Gasteiger partial charge in [0.1, 0.15) is 6.11 Å². The van der Waals surface area contributed by atoms with Gasteiger partial charge in [0.2, 0.25) is 0 Å². The van der Waals surface area contributed by atoms with E-state index in [1.807, 2.05) is 34.6 Å². The van der Waals surface area contributed by atoms with Crippen molar-refractivity contribution in [3.8, 4) is 11.8 Å². The summed E-state index contributed by atoms with van der Waals surface area (Å²) in [5, 5.41) is 0. The summed E-state index contributed by atoms with van der Waals surface area (Å²) in [5.41, 5.74) is 2.83. The number of ether oxygens (including phenoxy) is 1. The molecule has 0 radical (unpaired) electrons. The highest BCUT2D eigenvalue weighted by Gasteiger charge is 2.11. The SMILES string of the molecule is CCOC#CP(OC(C)C)OC(C)C. The molecule has 0 atom stereocenters. The van der Waals surface area contributed by atoms with Crippen LogP contribution in [-0.2, 0) is 13.8 Å². The van der Waals surface area contributed by atoms with Gasteiger partial charge in [0.15, 0.2) is 0 Å². The summed E-state index contributed by atoms with van der Waals surface area (Å²) < 4.78 is 15.9. The third kappa shape index (κ3) is 8.31. The molecule has 4 heteroatoms. The Morgan fingerprint density at radius 3 is 1.93 bits per heavy atom. The first-order chi connectivity index (χ1) is 6.56. The molecule has 0 spiro atoms. The van der Waals surface area contributed by atoms with Crippen LogP contribution in [0.4, 0.5) is 0 Å². The Bertz CT molecular complexity index is 183. The van der Waals surface area contributed by atoms with Crippen molar-refractivity contribution >= 4 is 8.38 Å². The normalized spacial score (nSPS) is 10.6. The molecule has 0 aromatic heterocycles. The van der Waals surface area contributed by atoms with E-state index in [1.165, 1.54) is 0 Å².